The van der Waals surface area contributed by atoms with Crippen LogP contribution >= 0.6 is 43.5 Å². The van der Waals surface area contributed by atoms with Crippen LogP contribution in [0.3, 0.4) is 0 Å². The Morgan fingerprint density at radius 3 is 2.44 bits per heavy atom. The average molecular weight is 276 g/mol. The van der Waals surface area contributed by atoms with Crippen molar-refractivity contribution < 1.29 is 0 Å². The molecule has 1 rings (SSSR count). The molecule has 1 aliphatic rings. The van der Waals surface area contributed by atoms with Gasteiger partial charge in [0.25, 0.3) is 0 Å². The van der Waals surface area contributed by atoms with Crippen LogP contribution < -0.4 is 0 Å². The second-order valence-electron chi connectivity index (χ2n) is 2.47. The van der Waals surface area contributed by atoms with Crippen molar-refractivity contribution in [2.75, 3.05) is 0 Å². The lowest BCUT2D eigenvalue weighted by Gasteiger charge is -2.30. The predicted molar refractivity (Wildman–Crippen MR) is 48.7 cm³/mol. The summed E-state index contributed by atoms with van der Waals surface area (Å²) in [6, 6.07) is 0. The van der Waals surface area contributed by atoms with Crippen LogP contribution in [0.4, 0.5) is 0 Å². The summed E-state index contributed by atoms with van der Waals surface area (Å²) < 4.78 is -0.161. The molecule has 0 heterocycles. The van der Waals surface area contributed by atoms with E-state index < -0.39 is 0 Å². The van der Waals surface area contributed by atoms with E-state index in [-0.39, 0.29) is 3.78 Å². The van der Waals surface area contributed by atoms with Gasteiger partial charge < -0.3 is 0 Å². The van der Waals surface area contributed by atoms with Crippen LogP contribution in [-0.2, 0) is 0 Å². The van der Waals surface area contributed by atoms with Gasteiger partial charge in [0.2, 0.25) is 0 Å². The highest BCUT2D eigenvalue weighted by Crippen LogP contribution is 2.43. The van der Waals surface area contributed by atoms with E-state index in [1.54, 1.807) is 0 Å². The average Bonchev–Trinajstić information content (AvgIpc) is 1.77. The Bertz CT molecular complexity index is 103. The van der Waals surface area contributed by atoms with Crippen molar-refractivity contribution in [3.8, 4) is 0 Å². The molecule has 1 fully saturated rings. The lowest BCUT2D eigenvalue weighted by atomic mass is 10.0. The first-order valence-corrected chi connectivity index (χ1v) is 5.23. The third-order valence-electron chi connectivity index (χ3n) is 1.68. The van der Waals surface area contributed by atoms with Crippen LogP contribution in [-0.4, -0.2) is 8.61 Å². The van der Waals surface area contributed by atoms with Crippen LogP contribution in [0.15, 0.2) is 0 Å². The molecule has 0 radical (unpaired) electrons. The van der Waals surface area contributed by atoms with Crippen LogP contribution in [0, 0.1) is 0 Å². The van der Waals surface area contributed by atoms with Gasteiger partial charge in [-0.3, -0.25) is 0 Å². The summed E-state index contributed by atoms with van der Waals surface area (Å²) in [5.41, 5.74) is 0. The fourth-order valence-electron chi connectivity index (χ4n) is 1.05. The number of halogens is 3. The van der Waals surface area contributed by atoms with Crippen molar-refractivity contribution in [1.82, 2.24) is 0 Å². The Labute approximate surface area is 77.6 Å². The summed E-state index contributed by atoms with van der Waals surface area (Å²) in [6.07, 6.45) is 4.81. The van der Waals surface area contributed by atoms with Crippen molar-refractivity contribution in [3.05, 3.63) is 0 Å². The molecule has 0 aliphatic heterocycles. The van der Waals surface area contributed by atoms with Crippen LogP contribution in [0.2, 0.25) is 0 Å². The van der Waals surface area contributed by atoms with Gasteiger partial charge in [0.05, 0.1) is 0 Å². The summed E-state index contributed by atoms with van der Waals surface area (Å²) in [7, 11) is 0. The number of rotatable bonds is 0. The number of hydrogen-bond donors (Lipinski definition) is 0. The first kappa shape index (κ1) is 8.35. The van der Waals surface area contributed by atoms with E-state index in [9.17, 15) is 0 Å². The Morgan fingerprint density at radius 1 is 1.44 bits per heavy atom. The minimum absolute atomic E-state index is 0.161. The van der Waals surface area contributed by atoms with E-state index >= 15 is 0 Å². The Hall–Kier alpha value is 1.25. The van der Waals surface area contributed by atoms with Crippen molar-refractivity contribution in [2.24, 2.45) is 0 Å². The molecule has 0 N–H and O–H groups in total. The van der Waals surface area contributed by atoms with Gasteiger partial charge in [-0.2, -0.15) is 0 Å². The summed E-state index contributed by atoms with van der Waals surface area (Å²) in [5.74, 6) is 0. The number of alkyl halides is 3. The Balaban J connectivity index is 2.49. The maximum atomic E-state index is 6.09. The van der Waals surface area contributed by atoms with Gasteiger partial charge in [-0.05, 0) is 12.8 Å². The molecule has 0 amide bonds. The fourth-order valence-corrected chi connectivity index (χ4v) is 2.36. The second kappa shape index (κ2) is 3.10. The maximum Gasteiger partial charge on any atom is 0.112 e. The first-order chi connectivity index (χ1) is 4.13. The van der Waals surface area contributed by atoms with E-state index in [1.807, 2.05) is 0 Å². The SMILES string of the molecule is Cl[C@@]1(Br)CCCC[C@H]1Br. The van der Waals surface area contributed by atoms with Crippen molar-refractivity contribution in [2.45, 2.75) is 34.3 Å². The molecular formula is C6H9Br2Cl. The summed E-state index contributed by atoms with van der Waals surface area (Å²) in [6.45, 7) is 0. The van der Waals surface area contributed by atoms with Crippen LogP contribution in [0.1, 0.15) is 25.7 Å². The molecule has 1 saturated carbocycles. The van der Waals surface area contributed by atoms with Crippen molar-refractivity contribution >= 4 is 43.5 Å². The highest BCUT2D eigenvalue weighted by atomic mass is 79.9. The van der Waals surface area contributed by atoms with Gasteiger partial charge >= 0.3 is 0 Å². The van der Waals surface area contributed by atoms with Crippen LogP contribution in [0.25, 0.3) is 0 Å². The third kappa shape index (κ3) is 2.09. The van der Waals surface area contributed by atoms with E-state index in [0.29, 0.717) is 4.83 Å². The molecule has 0 spiro atoms. The van der Waals surface area contributed by atoms with E-state index in [2.05, 4.69) is 31.9 Å². The summed E-state index contributed by atoms with van der Waals surface area (Å²) in [4.78, 5) is 0.445. The molecule has 0 aromatic carbocycles. The Morgan fingerprint density at radius 2 is 2.11 bits per heavy atom. The molecule has 0 saturated heterocycles. The minimum Gasteiger partial charge on any atom is -0.106 e. The summed E-state index contributed by atoms with van der Waals surface area (Å²) in [5, 5.41) is 0. The monoisotopic (exact) mass is 274 g/mol. The molecule has 3 heteroatoms. The van der Waals surface area contributed by atoms with Gasteiger partial charge in [0.15, 0.2) is 0 Å². The predicted octanol–water partition coefficient (Wildman–Crippen LogP) is 3.65. The summed E-state index contributed by atoms with van der Waals surface area (Å²) >= 11 is 13.1. The van der Waals surface area contributed by atoms with Crippen molar-refractivity contribution in [3.63, 3.8) is 0 Å². The van der Waals surface area contributed by atoms with E-state index in [4.69, 9.17) is 11.6 Å². The zero-order valence-electron chi connectivity index (χ0n) is 5.04. The molecule has 1 aliphatic carbocycles. The smallest absolute Gasteiger partial charge is 0.106 e. The molecular weight excluding hydrogens is 267 g/mol. The largest absolute Gasteiger partial charge is 0.112 e. The Kier molecular flexibility index (Phi) is 2.88. The molecule has 0 unspecified atom stereocenters. The first-order valence-electron chi connectivity index (χ1n) is 3.15. The maximum absolute atomic E-state index is 6.09. The lowest BCUT2D eigenvalue weighted by molar-refractivity contribution is 0.508. The van der Waals surface area contributed by atoms with Crippen molar-refractivity contribution in [1.29, 1.82) is 0 Å². The molecule has 54 valence electrons. The van der Waals surface area contributed by atoms with Crippen LogP contribution in [0.5, 0.6) is 0 Å². The third-order valence-corrected chi connectivity index (χ3v) is 5.19. The molecule has 0 nitrogen and oxygen atoms in total. The highest BCUT2D eigenvalue weighted by Gasteiger charge is 2.34. The van der Waals surface area contributed by atoms with Gasteiger partial charge in [-0.1, -0.05) is 44.7 Å². The molecule has 0 aromatic heterocycles. The number of hydrogen-bond acceptors (Lipinski definition) is 0. The highest BCUT2D eigenvalue weighted by molar-refractivity contribution is 9.13. The zero-order valence-corrected chi connectivity index (χ0v) is 8.97. The van der Waals surface area contributed by atoms with Gasteiger partial charge in [0.1, 0.15) is 3.78 Å². The normalized spacial score (nSPS) is 45.0. The standard InChI is InChI=1S/C6H9Br2Cl/c7-5-3-1-2-4-6(5,8)9/h5H,1-4H2/t5-,6+/m1/s1. The molecule has 9 heavy (non-hydrogen) atoms. The van der Waals surface area contributed by atoms with Gasteiger partial charge in [-0.25, -0.2) is 0 Å². The molecule has 0 bridgehead atoms. The second-order valence-corrected chi connectivity index (χ2v) is 6.13. The van der Waals surface area contributed by atoms with E-state index in [0.717, 1.165) is 6.42 Å². The minimum atomic E-state index is -0.161. The van der Waals surface area contributed by atoms with E-state index in [1.165, 1.54) is 19.3 Å². The quantitative estimate of drug-likeness (QED) is 0.592. The van der Waals surface area contributed by atoms with Gasteiger partial charge in [-0.15, -0.1) is 11.6 Å². The lowest BCUT2D eigenvalue weighted by Crippen LogP contribution is -2.28. The molecule has 0 aromatic rings. The van der Waals surface area contributed by atoms with Gasteiger partial charge in [0, 0.05) is 4.83 Å². The molecule has 2 atom stereocenters. The topological polar surface area (TPSA) is 0 Å². The zero-order chi connectivity index (χ0) is 6.91. The fraction of sp³-hybridized carbons (Fsp3) is 1.00.